The Bertz CT molecular complexity index is 49.7. The van der Waals surface area contributed by atoms with Gasteiger partial charge in [0.25, 0.3) is 0 Å². The SMILES string of the molecule is CCSSB(C)CC. The van der Waals surface area contributed by atoms with Crippen LogP contribution in [0.2, 0.25) is 13.1 Å². The monoisotopic (exact) mass is 148 g/mol. The van der Waals surface area contributed by atoms with Crippen LogP contribution in [0, 0.1) is 0 Å². The van der Waals surface area contributed by atoms with Gasteiger partial charge in [-0.05, 0) is 5.75 Å². The number of rotatable bonds is 4. The molecule has 3 heteroatoms. The normalized spacial score (nSPS) is 9.38. The second kappa shape index (κ2) is 5.89. The third kappa shape index (κ3) is 4.91. The van der Waals surface area contributed by atoms with Crippen LogP contribution < -0.4 is 0 Å². The third-order valence-corrected chi connectivity index (χ3v) is 4.06. The maximum Gasteiger partial charge on any atom is 0.220 e. The summed E-state index contributed by atoms with van der Waals surface area (Å²) in [7, 11) is 3.95. The first kappa shape index (κ1) is 8.76. The van der Waals surface area contributed by atoms with Crippen LogP contribution >= 0.6 is 21.4 Å². The second-order valence-corrected chi connectivity index (χ2v) is 4.82. The topological polar surface area (TPSA) is 0 Å². The molecule has 0 bridgehead atoms. The van der Waals surface area contributed by atoms with Crippen molar-refractivity contribution in [2.45, 2.75) is 27.0 Å². The summed E-state index contributed by atoms with van der Waals surface area (Å²) in [5, 5.41) is 0. The zero-order valence-corrected chi connectivity index (χ0v) is 7.44. The van der Waals surface area contributed by atoms with Crippen molar-refractivity contribution in [2.24, 2.45) is 0 Å². The van der Waals surface area contributed by atoms with E-state index in [0.29, 0.717) is 0 Å². The Kier molecular flexibility index (Phi) is 6.46. The Morgan fingerprint density at radius 3 is 2.38 bits per heavy atom. The Morgan fingerprint density at radius 2 is 2.00 bits per heavy atom. The molecule has 48 valence electrons. The van der Waals surface area contributed by atoms with Gasteiger partial charge in [-0.25, -0.2) is 0 Å². The largest absolute Gasteiger partial charge is 0.220 e. The fraction of sp³-hybridized carbons (Fsp3) is 1.00. The molecule has 0 spiro atoms. The van der Waals surface area contributed by atoms with Gasteiger partial charge >= 0.3 is 0 Å². The van der Waals surface area contributed by atoms with Crippen molar-refractivity contribution in [1.82, 2.24) is 0 Å². The molecule has 0 amide bonds. The zero-order chi connectivity index (χ0) is 6.41. The number of hydrogen-bond donors (Lipinski definition) is 0. The predicted molar refractivity (Wildman–Crippen MR) is 47.8 cm³/mol. The van der Waals surface area contributed by atoms with Crippen molar-refractivity contribution in [1.29, 1.82) is 0 Å². The summed E-state index contributed by atoms with van der Waals surface area (Å²) in [4.78, 5) is 0. The van der Waals surface area contributed by atoms with Crippen molar-refractivity contribution < 1.29 is 0 Å². The van der Waals surface area contributed by atoms with E-state index >= 15 is 0 Å². The van der Waals surface area contributed by atoms with E-state index in [1.807, 2.05) is 21.4 Å². The van der Waals surface area contributed by atoms with Gasteiger partial charge in [0.15, 0.2) is 0 Å². The molecule has 0 aromatic heterocycles. The average Bonchev–Trinajstić information content (AvgIpc) is 1.83. The molecule has 0 N–H and O–H groups in total. The van der Waals surface area contributed by atoms with Gasteiger partial charge in [0.1, 0.15) is 0 Å². The molecule has 0 saturated heterocycles. The standard InChI is InChI=1S/C5H13BS2/c1-4-6(3)8-7-5-2/h4-5H2,1-3H3. The van der Waals surface area contributed by atoms with Crippen molar-refractivity contribution in [3.63, 3.8) is 0 Å². The van der Waals surface area contributed by atoms with Gasteiger partial charge in [-0.1, -0.05) is 27.0 Å². The zero-order valence-electron chi connectivity index (χ0n) is 5.81. The first-order valence-corrected chi connectivity index (χ1v) is 5.47. The van der Waals surface area contributed by atoms with Crippen LogP contribution in [0.1, 0.15) is 13.8 Å². The molecule has 0 radical (unpaired) electrons. The first-order chi connectivity index (χ1) is 3.81. The summed E-state index contributed by atoms with van der Waals surface area (Å²) in [6.07, 6.45) is 1.29. The van der Waals surface area contributed by atoms with Gasteiger partial charge in [-0.15, -0.1) is 21.4 Å². The molecular formula is C5H13BS2. The lowest BCUT2D eigenvalue weighted by Crippen LogP contribution is -1.94. The van der Waals surface area contributed by atoms with E-state index in [-0.39, 0.29) is 0 Å². The van der Waals surface area contributed by atoms with E-state index in [2.05, 4.69) is 20.7 Å². The molecule has 0 aromatic rings. The lowest BCUT2D eigenvalue weighted by molar-refractivity contribution is 1.45. The minimum absolute atomic E-state index is 0.833. The average molecular weight is 148 g/mol. The van der Waals surface area contributed by atoms with Crippen molar-refractivity contribution >= 4 is 27.4 Å². The summed E-state index contributed by atoms with van der Waals surface area (Å²) < 4.78 is 0. The van der Waals surface area contributed by atoms with Gasteiger partial charge in [-0.2, -0.15) is 0 Å². The summed E-state index contributed by atoms with van der Waals surface area (Å²) in [6, 6.07) is 0. The fourth-order valence-corrected chi connectivity index (χ4v) is 2.27. The van der Waals surface area contributed by atoms with Crippen molar-refractivity contribution in [3.8, 4) is 0 Å². The second-order valence-electron chi connectivity index (χ2n) is 1.72. The van der Waals surface area contributed by atoms with Gasteiger partial charge < -0.3 is 0 Å². The maximum atomic E-state index is 2.27. The van der Waals surface area contributed by atoms with Gasteiger partial charge in [-0.3, -0.25) is 0 Å². The Labute approximate surface area is 60.6 Å². The summed E-state index contributed by atoms with van der Waals surface area (Å²) in [5.74, 6) is 2.06. The van der Waals surface area contributed by atoms with Crippen LogP contribution in [0.5, 0.6) is 0 Å². The van der Waals surface area contributed by atoms with Crippen LogP contribution in [0.15, 0.2) is 0 Å². The van der Waals surface area contributed by atoms with Gasteiger partial charge in [0.05, 0.1) is 0 Å². The number of hydrogen-bond acceptors (Lipinski definition) is 2. The Balaban J connectivity index is 2.86. The molecule has 0 unspecified atom stereocenters. The molecule has 0 atom stereocenters. The van der Waals surface area contributed by atoms with E-state index in [1.165, 1.54) is 12.1 Å². The van der Waals surface area contributed by atoms with Gasteiger partial charge in [0.2, 0.25) is 5.99 Å². The fourth-order valence-electron chi connectivity index (χ4n) is 0.252. The van der Waals surface area contributed by atoms with Crippen LogP contribution in [0.4, 0.5) is 0 Å². The highest BCUT2D eigenvalue weighted by Crippen LogP contribution is 2.25. The highest BCUT2D eigenvalue weighted by atomic mass is 33.1. The summed E-state index contributed by atoms with van der Waals surface area (Å²) in [6.45, 7) is 6.70. The van der Waals surface area contributed by atoms with Crippen molar-refractivity contribution in [3.05, 3.63) is 0 Å². The maximum absolute atomic E-state index is 2.27. The lowest BCUT2D eigenvalue weighted by Gasteiger charge is -1.99. The summed E-state index contributed by atoms with van der Waals surface area (Å²) in [5.41, 5.74) is 0. The van der Waals surface area contributed by atoms with Crippen LogP contribution in [0.25, 0.3) is 0 Å². The van der Waals surface area contributed by atoms with Crippen LogP contribution in [-0.4, -0.2) is 11.7 Å². The molecule has 0 nitrogen and oxygen atoms in total. The quantitative estimate of drug-likeness (QED) is 0.444. The van der Waals surface area contributed by atoms with Gasteiger partial charge in [0, 0.05) is 0 Å². The van der Waals surface area contributed by atoms with E-state index in [4.69, 9.17) is 0 Å². The highest BCUT2D eigenvalue weighted by molar-refractivity contribution is 8.86. The molecular weight excluding hydrogens is 135 g/mol. The molecule has 0 aromatic carbocycles. The summed E-state index contributed by atoms with van der Waals surface area (Å²) >= 11 is 0. The first-order valence-electron chi connectivity index (χ1n) is 3.09. The molecule has 0 heterocycles. The third-order valence-electron chi connectivity index (χ3n) is 0.925. The molecule has 0 aliphatic rings. The molecule has 0 aliphatic carbocycles. The van der Waals surface area contributed by atoms with E-state index in [9.17, 15) is 0 Å². The molecule has 0 fully saturated rings. The van der Waals surface area contributed by atoms with E-state index in [0.717, 1.165) is 5.99 Å². The van der Waals surface area contributed by atoms with Crippen LogP contribution in [-0.2, 0) is 0 Å². The molecule has 0 rings (SSSR count). The van der Waals surface area contributed by atoms with E-state index in [1.54, 1.807) is 0 Å². The molecule has 8 heavy (non-hydrogen) atoms. The van der Waals surface area contributed by atoms with Crippen LogP contribution in [0.3, 0.4) is 0 Å². The van der Waals surface area contributed by atoms with Crippen molar-refractivity contribution in [2.75, 3.05) is 5.75 Å². The highest BCUT2D eigenvalue weighted by Gasteiger charge is 2.01. The Morgan fingerprint density at radius 1 is 1.38 bits per heavy atom. The van der Waals surface area contributed by atoms with E-state index < -0.39 is 0 Å². The molecule has 0 aliphatic heterocycles. The lowest BCUT2D eigenvalue weighted by atomic mass is 9.77. The predicted octanol–water partition coefficient (Wildman–Crippen LogP) is 3.03. The smallest absolute Gasteiger partial charge is 0.146 e. The Hall–Kier alpha value is 0.765. The molecule has 0 saturated carbocycles. The minimum atomic E-state index is 0.833. The minimum Gasteiger partial charge on any atom is -0.146 e.